The summed E-state index contributed by atoms with van der Waals surface area (Å²) in [7, 11) is 1.48. The normalized spacial score (nSPS) is 16.3. The number of phenols is 1. The minimum absolute atomic E-state index is 0.0281. The number of ether oxygens (including phenoxy) is 1. The molecule has 0 aliphatic carbocycles. The van der Waals surface area contributed by atoms with Crippen molar-refractivity contribution in [2.45, 2.75) is 26.3 Å². The highest BCUT2D eigenvalue weighted by atomic mass is 35.5. The van der Waals surface area contributed by atoms with Crippen LogP contribution in [-0.4, -0.2) is 39.8 Å². The molecule has 166 valence electrons. The number of nitrogens with one attached hydrogen (secondary N) is 1. The number of allylic oxidation sites excluding steroid dienone is 1. The summed E-state index contributed by atoms with van der Waals surface area (Å²) in [5.41, 5.74) is 2.79. The van der Waals surface area contributed by atoms with Crippen LogP contribution in [-0.2, 0) is 0 Å². The Balaban J connectivity index is 1.81. The molecule has 0 saturated carbocycles. The van der Waals surface area contributed by atoms with E-state index < -0.39 is 6.04 Å². The molecule has 8 nitrogen and oxygen atoms in total. The van der Waals surface area contributed by atoms with Gasteiger partial charge in [-0.2, -0.15) is 4.98 Å². The molecule has 1 atom stereocenters. The number of aromatic nitrogens is 2. The Bertz CT molecular complexity index is 1170. The van der Waals surface area contributed by atoms with E-state index in [2.05, 4.69) is 15.5 Å². The molecule has 1 aromatic heterocycles. The predicted octanol–water partition coefficient (Wildman–Crippen LogP) is 5.01. The maximum Gasteiger partial charge on any atom is 0.322 e. The molecule has 0 bridgehead atoms. The first-order valence-electron chi connectivity index (χ1n) is 10.2. The van der Waals surface area contributed by atoms with Gasteiger partial charge < -0.3 is 19.7 Å². The van der Waals surface area contributed by atoms with Crippen molar-refractivity contribution >= 4 is 23.2 Å². The molecular weight excluding hydrogens is 432 g/mol. The summed E-state index contributed by atoms with van der Waals surface area (Å²) in [6.07, 6.45) is 0.784. The Morgan fingerprint density at radius 2 is 2.00 bits per heavy atom. The fourth-order valence-corrected chi connectivity index (χ4v) is 3.86. The molecule has 2 heterocycles. The van der Waals surface area contributed by atoms with Crippen LogP contribution >= 0.6 is 11.6 Å². The van der Waals surface area contributed by atoms with Crippen LogP contribution in [0.2, 0.25) is 5.02 Å². The highest BCUT2D eigenvalue weighted by molar-refractivity contribution is 6.30. The molecule has 1 aliphatic rings. The number of benzene rings is 2. The molecule has 3 aromatic rings. The van der Waals surface area contributed by atoms with Gasteiger partial charge in [0.2, 0.25) is 5.82 Å². The van der Waals surface area contributed by atoms with Crippen LogP contribution in [0.15, 0.2) is 52.7 Å². The number of halogens is 1. The van der Waals surface area contributed by atoms with E-state index in [1.165, 1.54) is 7.11 Å². The van der Waals surface area contributed by atoms with Crippen molar-refractivity contribution in [2.24, 2.45) is 0 Å². The van der Waals surface area contributed by atoms with E-state index in [0.717, 1.165) is 12.0 Å². The van der Waals surface area contributed by atoms with Gasteiger partial charge in [-0.3, -0.25) is 4.90 Å². The third kappa shape index (κ3) is 4.01. The van der Waals surface area contributed by atoms with Crippen molar-refractivity contribution in [3.05, 3.63) is 64.6 Å². The van der Waals surface area contributed by atoms with E-state index in [0.29, 0.717) is 40.0 Å². The third-order valence-electron chi connectivity index (χ3n) is 5.34. The van der Waals surface area contributed by atoms with E-state index in [4.69, 9.17) is 20.9 Å². The molecular formula is C23H23ClN4O4. The average molecular weight is 455 g/mol. The highest BCUT2D eigenvalue weighted by Gasteiger charge is 2.35. The summed E-state index contributed by atoms with van der Waals surface area (Å²) in [6.45, 7) is 4.39. The lowest BCUT2D eigenvalue weighted by Crippen LogP contribution is -2.46. The molecule has 9 heteroatoms. The molecule has 4 rings (SSSR count). The maximum atomic E-state index is 12.8. The fraction of sp³-hybridized carbons (Fsp3) is 0.261. The van der Waals surface area contributed by atoms with Gasteiger partial charge in [0.15, 0.2) is 11.5 Å². The van der Waals surface area contributed by atoms with Crippen molar-refractivity contribution in [3.8, 4) is 22.9 Å². The molecule has 2 aromatic carbocycles. The number of aromatic hydroxyl groups is 1. The quantitative estimate of drug-likeness (QED) is 0.542. The number of carbonyl (C=O) groups excluding carboxylic acids is 1. The fourth-order valence-electron chi connectivity index (χ4n) is 3.74. The van der Waals surface area contributed by atoms with E-state index >= 15 is 0 Å². The van der Waals surface area contributed by atoms with E-state index in [1.54, 1.807) is 35.2 Å². The number of amides is 2. The lowest BCUT2D eigenvalue weighted by molar-refractivity contribution is 0.205. The van der Waals surface area contributed by atoms with Crippen molar-refractivity contribution in [1.29, 1.82) is 0 Å². The van der Waals surface area contributed by atoms with Crippen LogP contribution < -0.4 is 10.1 Å². The van der Waals surface area contributed by atoms with E-state index in [9.17, 15) is 9.90 Å². The largest absolute Gasteiger partial charge is 0.504 e. The molecule has 1 aliphatic heterocycles. The third-order valence-corrected chi connectivity index (χ3v) is 5.59. The Morgan fingerprint density at radius 1 is 1.25 bits per heavy atom. The minimum atomic E-state index is -0.592. The number of urea groups is 1. The summed E-state index contributed by atoms with van der Waals surface area (Å²) < 4.78 is 10.8. The number of carbonyl (C=O) groups is 1. The Labute approximate surface area is 190 Å². The van der Waals surface area contributed by atoms with Crippen molar-refractivity contribution in [2.75, 3.05) is 13.7 Å². The standard InChI is InChI=1S/C23H23ClN4O4/c1-4-11-28-13(2)19(22-26-21(27-32-22)14-5-8-16(24)9-6-14)20(25-23(28)30)15-7-10-18(31-3)17(29)12-15/h5-10,12,20,29H,4,11H2,1-3H3,(H,25,30). The zero-order valence-corrected chi connectivity index (χ0v) is 18.7. The van der Waals surface area contributed by atoms with Gasteiger partial charge in [0, 0.05) is 22.8 Å². The lowest BCUT2D eigenvalue weighted by Gasteiger charge is -2.35. The Hall–Kier alpha value is -3.52. The first kappa shape index (κ1) is 21.7. The van der Waals surface area contributed by atoms with Crippen LogP contribution in [0.5, 0.6) is 11.5 Å². The maximum absolute atomic E-state index is 12.8. The van der Waals surface area contributed by atoms with Crippen LogP contribution in [0.4, 0.5) is 4.79 Å². The number of hydrogen-bond acceptors (Lipinski definition) is 6. The zero-order chi connectivity index (χ0) is 22.8. The van der Waals surface area contributed by atoms with Gasteiger partial charge in [0.1, 0.15) is 0 Å². The van der Waals surface area contributed by atoms with Gasteiger partial charge in [0.25, 0.3) is 5.89 Å². The monoisotopic (exact) mass is 454 g/mol. The molecule has 0 fully saturated rings. The number of phenolic OH excluding ortho intramolecular Hbond substituents is 1. The second-order valence-corrected chi connectivity index (χ2v) is 7.83. The smallest absolute Gasteiger partial charge is 0.322 e. The van der Waals surface area contributed by atoms with Crippen molar-refractivity contribution < 1.29 is 19.2 Å². The van der Waals surface area contributed by atoms with Gasteiger partial charge in [0.05, 0.1) is 18.7 Å². The topological polar surface area (TPSA) is 101 Å². The van der Waals surface area contributed by atoms with Crippen LogP contribution in [0.1, 0.15) is 37.8 Å². The van der Waals surface area contributed by atoms with Crippen LogP contribution in [0.25, 0.3) is 17.0 Å². The number of hydrogen-bond donors (Lipinski definition) is 2. The SMILES string of the molecule is CCCN1C(=O)NC(c2ccc(OC)c(O)c2)C(c2nc(-c3ccc(Cl)cc3)no2)=C1C. The molecule has 0 spiro atoms. The number of rotatable bonds is 6. The molecule has 0 saturated heterocycles. The van der Waals surface area contributed by atoms with Gasteiger partial charge >= 0.3 is 6.03 Å². The second-order valence-electron chi connectivity index (χ2n) is 7.39. The summed E-state index contributed by atoms with van der Waals surface area (Å²) >= 11 is 5.98. The average Bonchev–Trinajstić information content (AvgIpc) is 3.26. The lowest BCUT2D eigenvalue weighted by atomic mass is 9.94. The first-order valence-corrected chi connectivity index (χ1v) is 10.6. The second kappa shape index (κ2) is 8.92. The summed E-state index contributed by atoms with van der Waals surface area (Å²) in [4.78, 5) is 19.1. The van der Waals surface area contributed by atoms with Crippen LogP contribution in [0, 0.1) is 0 Å². The molecule has 2 amide bonds. The van der Waals surface area contributed by atoms with Gasteiger partial charge in [-0.05, 0) is 55.3 Å². The van der Waals surface area contributed by atoms with Crippen molar-refractivity contribution in [1.82, 2.24) is 20.4 Å². The van der Waals surface area contributed by atoms with Gasteiger partial charge in [-0.15, -0.1) is 0 Å². The molecule has 32 heavy (non-hydrogen) atoms. The first-order chi connectivity index (χ1) is 15.4. The Kier molecular flexibility index (Phi) is 6.05. The van der Waals surface area contributed by atoms with Gasteiger partial charge in [-0.1, -0.05) is 29.7 Å². The molecule has 2 N–H and O–H groups in total. The number of nitrogens with zero attached hydrogens (tertiary/aromatic N) is 3. The summed E-state index contributed by atoms with van der Waals surface area (Å²) in [5, 5.41) is 18.0. The van der Waals surface area contributed by atoms with Crippen LogP contribution in [0.3, 0.4) is 0 Å². The van der Waals surface area contributed by atoms with E-state index in [1.807, 2.05) is 26.0 Å². The molecule has 0 radical (unpaired) electrons. The Morgan fingerprint density at radius 3 is 2.66 bits per heavy atom. The number of methoxy groups -OCH3 is 1. The van der Waals surface area contributed by atoms with E-state index in [-0.39, 0.29) is 17.7 Å². The van der Waals surface area contributed by atoms with Gasteiger partial charge in [-0.25, -0.2) is 4.79 Å². The summed E-state index contributed by atoms with van der Waals surface area (Å²) in [5.74, 6) is 1.01. The summed E-state index contributed by atoms with van der Waals surface area (Å²) in [6, 6.07) is 11.3. The predicted molar refractivity (Wildman–Crippen MR) is 120 cm³/mol. The highest BCUT2D eigenvalue weighted by Crippen LogP contribution is 2.39. The zero-order valence-electron chi connectivity index (χ0n) is 17.9. The van der Waals surface area contributed by atoms with Crippen molar-refractivity contribution in [3.63, 3.8) is 0 Å². The molecule has 1 unspecified atom stereocenters. The minimum Gasteiger partial charge on any atom is -0.504 e.